The van der Waals surface area contributed by atoms with Crippen molar-refractivity contribution in [3.05, 3.63) is 57.6 Å². The summed E-state index contributed by atoms with van der Waals surface area (Å²) in [5, 5.41) is 11.0. The van der Waals surface area contributed by atoms with E-state index in [9.17, 15) is 28.1 Å². The van der Waals surface area contributed by atoms with E-state index in [2.05, 4.69) is 10.9 Å². The van der Waals surface area contributed by atoms with Crippen LogP contribution in [0.4, 0.5) is 24.5 Å². The third-order valence-corrected chi connectivity index (χ3v) is 3.83. The summed E-state index contributed by atoms with van der Waals surface area (Å²) in [6, 6.07) is 6.91. The number of nitro groups is 1. The van der Waals surface area contributed by atoms with E-state index in [0.717, 1.165) is 6.07 Å². The summed E-state index contributed by atoms with van der Waals surface area (Å²) in [6.07, 6.45) is -4.80. The third-order valence-electron chi connectivity index (χ3n) is 3.83. The summed E-state index contributed by atoms with van der Waals surface area (Å²) in [7, 11) is 0. The molecule has 2 aromatic carbocycles. The van der Waals surface area contributed by atoms with Gasteiger partial charge in [-0.15, -0.1) is 0 Å². The summed E-state index contributed by atoms with van der Waals surface area (Å²) in [4.78, 5) is 22.1. The Morgan fingerprint density at radius 2 is 1.82 bits per heavy atom. The highest BCUT2D eigenvalue weighted by atomic mass is 19.4. The molecule has 1 aliphatic heterocycles. The molecular formula is C17H14F3N3O5. The van der Waals surface area contributed by atoms with E-state index < -0.39 is 28.3 Å². The lowest BCUT2D eigenvalue weighted by molar-refractivity contribution is -0.384. The Morgan fingerprint density at radius 3 is 2.50 bits per heavy atom. The fourth-order valence-corrected chi connectivity index (χ4v) is 2.53. The zero-order valence-corrected chi connectivity index (χ0v) is 14.2. The second-order valence-electron chi connectivity index (χ2n) is 5.81. The maximum atomic E-state index is 12.7. The van der Waals surface area contributed by atoms with Crippen molar-refractivity contribution in [3.8, 4) is 11.5 Å². The zero-order chi connectivity index (χ0) is 20.3. The van der Waals surface area contributed by atoms with Crippen LogP contribution in [0.25, 0.3) is 0 Å². The third kappa shape index (κ3) is 4.42. The number of hydrogen-bond donors (Lipinski definition) is 2. The first kappa shape index (κ1) is 19.3. The molecule has 8 nitrogen and oxygen atoms in total. The van der Waals surface area contributed by atoms with Crippen LogP contribution in [0.2, 0.25) is 0 Å². The van der Waals surface area contributed by atoms with Crippen molar-refractivity contribution in [1.82, 2.24) is 5.43 Å². The van der Waals surface area contributed by atoms with Gasteiger partial charge in [-0.05, 0) is 29.8 Å². The maximum absolute atomic E-state index is 12.7. The number of anilines is 1. The highest BCUT2D eigenvalue weighted by Crippen LogP contribution is 2.35. The molecule has 2 N–H and O–H groups in total. The molecule has 1 aliphatic rings. The number of nitrogens with one attached hydrogen (secondary N) is 2. The van der Waals surface area contributed by atoms with Crippen molar-refractivity contribution in [2.75, 3.05) is 18.6 Å². The number of carbonyl (C=O) groups excluding carboxylic acids is 1. The zero-order valence-electron chi connectivity index (χ0n) is 14.2. The fraction of sp³-hybridized carbons (Fsp3) is 0.235. The average molecular weight is 397 g/mol. The smallest absolute Gasteiger partial charge is 0.416 e. The summed E-state index contributed by atoms with van der Waals surface area (Å²) in [5.41, 5.74) is 2.89. The number of fused-ring (bicyclic) bond motifs is 1. The summed E-state index contributed by atoms with van der Waals surface area (Å²) < 4.78 is 48.9. The molecule has 3 rings (SSSR count). The number of nitrogens with zero attached hydrogens (tertiary/aromatic N) is 1. The minimum Gasteiger partial charge on any atom is -0.486 e. The van der Waals surface area contributed by atoms with Crippen LogP contribution in [0.15, 0.2) is 36.4 Å². The van der Waals surface area contributed by atoms with Gasteiger partial charge in [0.05, 0.1) is 16.9 Å². The first-order valence-electron chi connectivity index (χ1n) is 8.03. The van der Waals surface area contributed by atoms with Gasteiger partial charge in [0.1, 0.15) is 18.9 Å². The Morgan fingerprint density at radius 1 is 1.11 bits per heavy atom. The van der Waals surface area contributed by atoms with Gasteiger partial charge in [-0.25, -0.2) is 0 Å². The molecule has 11 heteroatoms. The summed E-state index contributed by atoms with van der Waals surface area (Å²) >= 11 is 0. The van der Waals surface area contributed by atoms with E-state index in [1.54, 1.807) is 18.2 Å². The van der Waals surface area contributed by atoms with Crippen LogP contribution >= 0.6 is 0 Å². The van der Waals surface area contributed by atoms with Crippen LogP contribution < -0.4 is 20.3 Å². The van der Waals surface area contributed by atoms with Crippen molar-refractivity contribution in [1.29, 1.82) is 0 Å². The van der Waals surface area contributed by atoms with Gasteiger partial charge in [-0.1, -0.05) is 6.07 Å². The van der Waals surface area contributed by atoms with Gasteiger partial charge >= 0.3 is 6.18 Å². The number of carbonyl (C=O) groups is 1. The predicted octanol–water partition coefficient (Wildman–Crippen LogP) is 3.07. The van der Waals surface area contributed by atoms with Crippen LogP contribution in [0.5, 0.6) is 11.5 Å². The standard InChI is InChI=1S/C17H14F3N3O5/c18-17(19,20)11-2-3-12(13(9-11)23(25)26)21-22-16(24)8-10-1-4-14-15(7-10)28-6-5-27-14/h1-4,7,9,21H,5-6,8H2,(H,22,24). The Bertz CT molecular complexity index is 917. The fourth-order valence-electron chi connectivity index (χ4n) is 2.53. The molecule has 0 unspecified atom stereocenters. The number of benzene rings is 2. The molecule has 148 valence electrons. The number of halogens is 3. The molecule has 2 aromatic rings. The Hall–Kier alpha value is -3.50. The van der Waals surface area contributed by atoms with Crippen LogP contribution in [0, 0.1) is 10.1 Å². The molecular weight excluding hydrogens is 383 g/mol. The molecule has 1 heterocycles. The number of hydrogen-bond acceptors (Lipinski definition) is 6. The van der Waals surface area contributed by atoms with Gasteiger partial charge in [0.2, 0.25) is 5.91 Å². The molecule has 0 atom stereocenters. The number of ether oxygens (including phenoxy) is 2. The van der Waals surface area contributed by atoms with Crippen molar-refractivity contribution in [3.63, 3.8) is 0 Å². The lowest BCUT2D eigenvalue weighted by Gasteiger charge is -2.18. The van der Waals surface area contributed by atoms with Crippen molar-refractivity contribution in [2.24, 2.45) is 0 Å². The molecule has 0 spiro atoms. The van der Waals surface area contributed by atoms with Crippen molar-refractivity contribution >= 4 is 17.3 Å². The molecule has 1 amide bonds. The minimum atomic E-state index is -4.72. The van der Waals surface area contributed by atoms with E-state index in [1.807, 2.05) is 0 Å². The topological polar surface area (TPSA) is 103 Å². The molecule has 0 fully saturated rings. The van der Waals surface area contributed by atoms with Crippen LogP contribution in [0.1, 0.15) is 11.1 Å². The monoisotopic (exact) mass is 397 g/mol. The van der Waals surface area contributed by atoms with Gasteiger partial charge in [0.15, 0.2) is 11.5 Å². The van der Waals surface area contributed by atoms with E-state index >= 15 is 0 Å². The van der Waals surface area contributed by atoms with Crippen LogP contribution in [0.3, 0.4) is 0 Å². The number of alkyl halides is 3. The van der Waals surface area contributed by atoms with Crippen molar-refractivity contribution in [2.45, 2.75) is 12.6 Å². The maximum Gasteiger partial charge on any atom is 0.416 e. The first-order chi connectivity index (χ1) is 13.2. The molecule has 0 saturated carbocycles. The van der Waals surface area contributed by atoms with E-state index in [-0.39, 0.29) is 12.1 Å². The van der Waals surface area contributed by atoms with Gasteiger partial charge in [0, 0.05) is 6.07 Å². The molecule has 0 radical (unpaired) electrons. The second kappa shape index (κ2) is 7.62. The van der Waals surface area contributed by atoms with Gasteiger partial charge in [0.25, 0.3) is 5.69 Å². The minimum absolute atomic E-state index is 0.0852. The SMILES string of the molecule is O=C(Cc1ccc2c(c1)OCCO2)NNc1ccc(C(F)(F)F)cc1[N+](=O)[O-]. The molecule has 0 aliphatic carbocycles. The van der Waals surface area contributed by atoms with Crippen molar-refractivity contribution < 1.29 is 32.4 Å². The van der Waals surface area contributed by atoms with E-state index in [4.69, 9.17) is 9.47 Å². The average Bonchev–Trinajstić information content (AvgIpc) is 2.65. The van der Waals surface area contributed by atoms with Gasteiger partial charge in [-0.3, -0.25) is 25.8 Å². The second-order valence-corrected chi connectivity index (χ2v) is 5.81. The quantitative estimate of drug-likeness (QED) is 0.594. The summed E-state index contributed by atoms with van der Waals surface area (Å²) in [5.74, 6) is 0.516. The number of nitro benzene ring substituents is 1. The Labute approximate surface area is 156 Å². The highest BCUT2D eigenvalue weighted by molar-refractivity contribution is 5.81. The number of rotatable bonds is 5. The molecule has 0 aromatic heterocycles. The lowest BCUT2D eigenvalue weighted by Crippen LogP contribution is -2.31. The highest BCUT2D eigenvalue weighted by Gasteiger charge is 2.33. The number of amides is 1. The lowest BCUT2D eigenvalue weighted by atomic mass is 10.1. The number of hydrazine groups is 1. The Kier molecular flexibility index (Phi) is 5.25. The molecule has 0 saturated heterocycles. The summed E-state index contributed by atoms with van der Waals surface area (Å²) in [6.45, 7) is 0.824. The normalized spacial score (nSPS) is 13.0. The van der Waals surface area contributed by atoms with Gasteiger partial charge < -0.3 is 9.47 Å². The largest absolute Gasteiger partial charge is 0.486 e. The van der Waals surface area contributed by atoms with E-state index in [1.165, 1.54) is 0 Å². The first-order valence-corrected chi connectivity index (χ1v) is 8.03. The molecule has 0 bridgehead atoms. The van der Waals surface area contributed by atoms with Crippen LogP contribution in [-0.2, 0) is 17.4 Å². The predicted molar refractivity (Wildman–Crippen MR) is 91.0 cm³/mol. The Balaban J connectivity index is 1.66. The van der Waals surface area contributed by atoms with Crippen LogP contribution in [-0.4, -0.2) is 24.0 Å². The van der Waals surface area contributed by atoms with E-state index in [0.29, 0.717) is 42.4 Å². The van der Waals surface area contributed by atoms with Gasteiger partial charge in [-0.2, -0.15) is 13.2 Å². The molecule has 28 heavy (non-hydrogen) atoms.